The smallest absolute Gasteiger partial charge is 0.0461 e. The van der Waals surface area contributed by atoms with Crippen LogP contribution in [0.15, 0.2) is 237 Å². The van der Waals surface area contributed by atoms with Crippen molar-refractivity contribution in [2.75, 3.05) is 39.2 Å². The van der Waals surface area contributed by atoms with Crippen molar-refractivity contribution in [3.63, 3.8) is 0 Å². The minimum atomic E-state index is 0.919. The molecule has 0 unspecified atom stereocenters. The van der Waals surface area contributed by atoms with Gasteiger partial charge in [-0.05, 0) is 182 Å². The van der Waals surface area contributed by atoms with Crippen LogP contribution in [0.25, 0.3) is 0 Å². The van der Waals surface area contributed by atoms with Crippen molar-refractivity contribution in [2.24, 2.45) is 0 Å². The van der Waals surface area contributed by atoms with Crippen LogP contribution in [0.3, 0.4) is 0 Å². The predicted molar refractivity (Wildman–Crippen MR) is 312 cm³/mol. The predicted octanol–water partition coefficient (Wildman–Crippen LogP) is 16.6. The fourth-order valence-electron chi connectivity index (χ4n) is 9.94. The average molecular weight is 957 g/mol. The molecule has 9 aromatic rings. The van der Waals surface area contributed by atoms with Gasteiger partial charge in [0.2, 0.25) is 0 Å². The van der Waals surface area contributed by atoms with Crippen LogP contribution in [0.5, 0.6) is 0 Å². The molecular weight excluding hydrogens is 885 g/mol. The number of hydrogen-bond donors (Lipinski definition) is 0. The Morgan fingerprint density at radius 1 is 0.205 bits per heavy atom. The molecule has 73 heavy (non-hydrogen) atoms. The molecule has 9 aromatic carbocycles. The normalized spacial score (nSPS) is 11.1. The Morgan fingerprint density at radius 3 is 0.589 bits per heavy atom. The topological polar surface area (TPSA) is 13.0 Å². The average Bonchev–Trinajstić information content (AvgIpc) is 3.46. The Balaban J connectivity index is 0.863. The molecule has 0 aliphatic rings. The minimum Gasteiger partial charge on any atom is -0.367 e. The van der Waals surface area contributed by atoms with Crippen LogP contribution in [0, 0.1) is 0 Å². The van der Waals surface area contributed by atoms with E-state index in [0.29, 0.717) is 0 Å². The summed E-state index contributed by atoms with van der Waals surface area (Å²) in [5.41, 5.74) is 19.4. The maximum absolute atomic E-state index is 2.44. The molecule has 4 nitrogen and oxygen atoms in total. The van der Waals surface area contributed by atoms with Crippen LogP contribution in [0.1, 0.15) is 70.8 Å². The van der Waals surface area contributed by atoms with E-state index in [0.717, 1.165) is 94.9 Å². The van der Waals surface area contributed by atoms with Crippen LogP contribution < -0.4 is 19.6 Å². The van der Waals surface area contributed by atoms with Gasteiger partial charge in [-0.25, -0.2) is 0 Å². The van der Waals surface area contributed by atoms with E-state index in [9.17, 15) is 0 Å². The molecule has 368 valence electrons. The molecule has 0 N–H and O–H groups in total. The number of benzene rings is 9. The molecule has 0 atom stereocenters. The highest BCUT2D eigenvalue weighted by Crippen LogP contribution is 2.36. The lowest BCUT2D eigenvalue weighted by Gasteiger charge is -2.26. The Morgan fingerprint density at radius 2 is 0.397 bits per heavy atom. The van der Waals surface area contributed by atoms with E-state index in [1.807, 2.05) is 0 Å². The van der Waals surface area contributed by atoms with Crippen molar-refractivity contribution < 1.29 is 0 Å². The van der Waals surface area contributed by atoms with Gasteiger partial charge in [0.1, 0.15) is 0 Å². The molecule has 0 aliphatic carbocycles. The summed E-state index contributed by atoms with van der Waals surface area (Å²) in [7, 11) is 0. The summed E-state index contributed by atoms with van der Waals surface area (Å²) in [6.07, 6.45) is 5.98. The third-order valence-electron chi connectivity index (χ3n) is 14.4. The zero-order valence-electron chi connectivity index (χ0n) is 43.3. The molecule has 0 aromatic heterocycles. The number of aryl methyl sites for hydroxylation is 6. The highest BCUT2D eigenvalue weighted by Gasteiger charge is 2.15. The zero-order valence-corrected chi connectivity index (χ0v) is 43.3. The Hall–Kier alpha value is -7.82. The van der Waals surface area contributed by atoms with E-state index >= 15 is 0 Å². The van der Waals surface area contributed by atoms with Crippen LogP contribution in [0.4, 0.5) is 34.1 Å². The molecule has 9 rings (SSSR count). The largest absolute Gasteiger partial charge is 0.367 e. The van der Waals surface area contributed by atoms with E-state index in [1.165, 1.54) is 67.1 Å². The molecule has 0 amide bonds. The molecule has 0 heterocycles. The van der Waals surface area contributed by atoms with Crippen molar-refractivity contribution in [3.05, 3.63) is 287 Å². The van der Waals surface area contributed by atoms with Crippen LogP contribution in [-0.4, -0.2) is 19.6 Å². The summed E-state index contributed by atoms with van der Waals surface area (Å²) >= 11 is 0. The molecule has 0 radical (unpaired) electrons. The van der Waals surface area contributed by atoms with Gasteiger partial charge in [-0.15, -0.1) is 0 Å². The first-order valence-corrected chi connectivity index (χ1v) is 26.7. The first-order chi connectivity index (χ1) is 36.0. The SMILES string of the molecule is CCN(Cc1ccccc1)c1ccc(CCc2ccc(N(c3ccc(CCc4ccc(N(CC)Cc5ccccc5)cc4)cc3)c3ccc(CCc4ccc(N(CC)Cc5ccccc5)cc4)cc3)cc2)cc1. The molecular formula is C69H72N4. The molecule has 0 aliphatic heterocycles. The maximum Gasteiger partial charge on any atom is 0.0461 e. The van der Waals surface area contributed by atoms with Crippen molar-refractivity contribution in [3.8, 4) is 0 Å². The number of hydrogen-bond acceptors (Lipinski definition) is 4. The molecule has 0 spiro atoms. The Kier molecular flexibility index (Phi) is 17.5. The standard InChI is InChI=1S/C69H72N4/c1-4-70(52-61-16-10-7-11-17-61)64-40-28-55(29-41-64)22-25-58-34-46-67(47-35-58)73(68-48-36-59(37-49-68)26-23-56-30-42-65(43-31-56)71(5-2)53-62-18-12-8-13-19-62)69-50-38-60(39-51-69)27-24-57-32-44-66(45-33-57)72(6-3)54-63-20-14-9-15-21-63/h7-21,28-51H,4-6,22-27,52-54H2,1-3H3. The summed E-state index contributed by atoms with van der Waals surface area (Å²) in [5.74, 6) is 0. The van der Waals surface area contributed by atoms with Crippen molar-refractivity contribution >= 4 is 34.1 Å². The summed E-state index contributed by atoms with van der Waals surface area (Å²) in [4.78, 5) is 9.72. The highest BCUT2D eigenvalue weighted by atomic mass is 15.1. The third-order valence-corrected chi connectivity index (χ3v) is 14.4. The monoisotopic (exact) mass is 957 g/mol. The summed E-state index contributed by atoms with van der Waals surface area (Å²) in [6.45, 7) is 12.4. The second-order valence-electron chi connectivity index (χ2n) is 19.3. The first-order valence-electron chi connectivity index (χ1n) is 26.7. The van der Waals surface area contributed by atoms with Crippen LogP contribution in [-0.2, 0) is 58.2 Å². The van der Waals surface area contributed by atoms with Gasteiger partial charge < -0.3 is 19.6 Å². The lowest BCUT2D eigenvalue weighted by molar-refractivity contribution is 0.831. The second-order valence-corrected chi connectivity index (χ2v) is 19.3. The molecule has 0 saturated carbocycles. The van der Waals surface area contributed by atoms with E-state index < -0.39 is 0 Å². The summed E-state index contributed by atoms with van der Waals surface area (Å²) < 4.78 is 0. The zero-order chi connectivity index (χ0) is 50.0. The van der Waals surface area contributed by atoms with Gasteiger partial charge in [-0.1, -0.05) is 164 Å². The lowest BCUT2D eigenvalue weighted by atomic mass is 10.0. The molecule has 0 bridgehead atoms. The van der Waals surface area contributed by atoms with E-state index in [2.05, 4.69) is 277 Å². The van der Waals surface area contributed by atoms with Gasteiger partial charge in [-0.3, -0.25) is 0 Å². The van der Waals surface area contributed by atoms with Crippen LogP contribution in [0.2, 0.25) is 0 Å². The second kappa shape index (κ2) is 25.5. The summed E-state index contributed by atoms with van der Waals surface area (Å²) in [6, 6.07) is 87.5. The van der Waals surface area contributed by atoms with Gasteiger partial charge in [-0.2, -0.15) is 0 Å². The highest BCUT2D eigenvalue weighted by molar-refractivity contribution is 5.77. The van der Waals surface area contributed by atoms with Gasteiger partial charge in [0.05, 0.1) is 0 Å². The third kappa shape index (κ3) is 14.0. The fraction of sp³-hybridized carbons (Fsp3) is 0.217. The minimum absolute atomic E-state index is 0.919. The van der Waals surface area contributed by atoms with Crippen molar-refractivity contribution in [1.29, 1.82) is 0 Å². The fourth-order valence-corrected chi connectivity index (χ4v) is 9.94. The van der Waals surface area contributed by atoms with Gasteiger partial charge in [0, 0.05) is 73.4 Å². The quantitative estimate of drug-likeness (QED) is 0.0598. The van der Waals surface area contributed by atoms with Gasteiger partial charge >= 0.3 is 0 Å². The van der Waals surface area contributed by atoms with Crippen LogP contribution >= 0.6 is 0 Å². The lowest BCUT2D eigenvalue weighted by Crippen LogP contribution is -2.21. The number of anilines is 6. The van der Waals surface area contributed by atoms with E-state index in [-0.39, 0.29) is 0 Å². The van der Waals surface area contributed by atoms with E-state index in [1.54, 1.807) is 0 Å². The molecule has 4 heteroatoms. The molecule has 0 fully saturated rings. The van der Waals surface area contributed by atoms with Crippen molar-refractivity contribution in [2.45, 2.75) is 78.9 Å². The molecule has 0 saturated heterocycles. The Labute approximate surface area is 436 Å². The van der Waals surface area contributed by atoms with Gasteiger partial charge in [0.15, 0.2) is 0 Å². The van der Waals surface area contributed by atoms with Gasteiger partial charge in [0.25, 0.3) is 0 Å². The number of nitrogens with zero attached hydrogens (tertiary/aromatic N) is 4. The Bertz CT molecular complexity index is 2660. The van der Waals surface area contributed by atoms with Crippen molar-refractivity contribution in [1.82, 2.24) is 0 Å². The maximum atomic E-state index is 2.44. The summed E-state index contributed by atoms with van der Waals surface area (Å²) in [5, 5.41) is 0. The first kappa shape index (κ1) is 50.1. The van der Waals surface area contributed by atoms with E-state index in [4.69, 9.17) is 0 Å². The number of rotatable bonds is 24.